The summed E-state index contributed by atoms with van der Waals surface area (Å²) < 4.78 is 13.0. The van der Waals surface area contributed by atoms with Gasteiger partial charge in [0.05, 0.1) is 0 Å². The molecular formula is C48H32O2. The van der Waals surface area contributed by atoms with Gasteiger partial charge in [0.25, 0.3) is 0 Å². The molecule has 2 aliphatic carbocycles. The summed E-state index contributed by atoms with van der Waals surface area (Å²) in [6.45, 7) is 0. The SMILES string of the molecule is C1=CC(c2ccccc2)CC(c2c3ccccc3c(C3=CC=C4Oc5c(ccc6cc7oc8ccccc8c7cc56)C4C3)c3ccccc23)=C1. The molecule has 0 fully saturated rings. The van der Waals surface area contributed by atoms with Crippen LogP contribution >= 0.6 is 0 Å². The van der Waals surface area contributed by atoms with Gasteiger partial charge in [-0.2, -0.15) is 0 Å². The molecule has 11 rings (SSSR count). The summed E-state index contributed by atoms with van der Waals surface area (Å²) in [5.41, 5.74) is 9.89. The molecule has 3 aliphatic rings. The number of allylic oxidation sites excluding steroid dienone is 8. The smallest absolute Gasteiger partial charge is 0.138 e. The quantitative estimate of drug-likeness (QED) is 0.179. The Hall–Kier alpha value is -6.12. The molecule has 0 N–H and O–H groups in total. The molecule has 1 aromatic heterocycles. The highest BCUT2D eigenvalue weighted by molar-refractivity contribution is 6.16. The van der Waals surface area contributed by atoms with E-state index in [4.69, 9.17) is 9.15 Å². The van der Waals surface area contributed by atoms with E-state index in [0.29, 0.717) is 5.92 Å². The van der Waals surface area contributed by atoms with Crippen LogP contribution in [0.2, 0.25) is 0 Å². The lowest BCUT2D eigenvalue weighted by Gasteiger charge is -2.25. The summed E-state index contributed by atoms with van der Waals surface area (Å²) >= 11 is 0. The van der Waals surface area contributed by atoms with E-state index < -0.39 is 0 Å². The first-order valence-corrected chi connectivity index (χ1v) is 17.6. The standard InChI is InChI=1S/C48H32O2/c1-2-11-29(12-3-1)30-13-10-14-32(25-30)46-35-16-4-6-18-37(35)47(38-19-7-5-17-36(38)46)33-22-24-44-41(26-33)39-23-21-31-27-45-42(28-40(31)48(39)50-44)34-15-8-9-20-43(34)49-45/h1-24,27-28,30,41H,25-26H2. The zero-order valence-corrected chi connectivity index (χ0v) is 27.4. The van der Waals surface area contributed by atoms with Crippen LogP contribution in [0, 0.1) is 0 Å². The fraction of sp³-hybridized carbons (Fsp3) is 0.0833. The van der Waals surface area contributed by atoms with Crippen LogP contribution in [0.25, 0.3) is 65.4 Å². The maximum absolute atomic E-state index is 6.74. The average Bonchev–Trinajstić information content (AvgIpc) is 3.74. The largest absolute Gasteiger partial charge is 0.460 e. The molecule has 2 unspecified atom stereocenters. The molecule has 0 radical (unpaired) electrons. The van der Waals surface area contributed by atoms with E-state index in [1.807, 2.05) is 12.1 Å². The fourth-order valence-electron chi connectivity index (χ4n) is 8.89. The van der Waals surface area contributed by atoms with Gasteiger partial charge in [0.1, 0.15) is 22.7 Å². The first kappa shape index (κ1) is 27.8. The first-order valence-electron chi connectivity index (χ1n) is 17.6. The van der Waals surface area contributed by atoms with Crippen molar-refractivity contribution < 1.29 is 9.15 Å². The summed E-state index contributed by atoms with van der Waals surface area (Å²) in [6.07, 6.45) is 13.3. The molecule has 0 amide bonds. The number of hydrogen-bond acceptors (Lipinski definition) is 2. The van der Waals surface area contributed by atoms with Gasteiger partial charge >= 0.3 is 0 Å². The highest BCUT2D eigenvalue weighted by Gasteiger charge is 2.35. The molecule has 0 spiro atoms. The Morgan fingerprint density at radius 3 is 1.90 bits per heavy atom. The third kappa shape index (κ3) is 4.09. The topological polar surface area (TPSA) is 22.4 Å². The van der Waals surface area contributed by atoms with Crippen LogP contribution in [0.3, 0.4) is 0 Å². The fourth-order valence-corrected chi connectivity index (χ4v) is 8.89. The molecular weight excluding hydrogens is 609 g/mol. The molecule has 2 heteroatoms. The molecule has 8 aromatic rings. The maximum atomic E-state index is 6.74. The van der Waals surface area contributed by atoms with E-state index in [1.165, 1.54) is 54.9 Å². The third-order valence-electron chi connectivity index (χ3n) is 11.2. The van der Waals surface area contributed by atoms with Crippen LogP contribution in [0.15, 0.2) is 168 Å². The van der Waals surface area contributed by atoms with Gasteiger partial charge in [0, 0.05) is 33.6 Å². The Kier molecular flexibility index (Phi) is 5.94. The third-order valence-corrected chi connectivity index (χ3v) is 11.2. The van der Waals surface area contributed by atoms with Crippen LogP contribution in [0.4, 0.5) is 0 Å². The summed E-state index contributed by atoms with van der Waals surface area (Å²) in [7, 11) is 0. The van der Waals surface area contributed by atoms with E-state index in [2.05, 4.69) is 146 Å². The molecule has 2 atom stereocenters. The van der Waals surface area contributed by atoms with Crippen molar-refractivity contribution in [3.63, 3.8) is 0 Å². The van der Waals surface area contributed by atoms with Gasteiger partial charge in [0.15, 0.2) is 0 Å². The minimum absolute atomic E-state index is 0.168. The number of rotatable bonds is 3. The van der Waals surface area contributed by atoms with Crippen molar-refractivity contribution in [1.29, 1.82) is 0 Å². The number of fused-ring (bicyclic) bond motifs is 10. The van der Waals surface area contributed by atoms with Gasteiger partial charge in [-0.05, 0) is 91.9 Å². The second-order valence-corrected chi connectivity index (χ2v) is 13.9. The lowest BCUT2D eigenvalue weighted by Crippen LogP contribution is -2.06. The predicted octanol–water partition coefficient (Wildman–Crippen LogP) is 13.0. The van der Waals surface area contributed by atoms with Crippen LogP contribution in [0.1, 0.15) is 46.9 Å². The molecule has 0 bridgehead atoms. The van der Waals surface area contributed by atoms with Crippen LogP contribution in [0.5, 0.6) is 5.75 Å². The molecule has 7 aromatic carbocycles. The van der Waals surface area contributed by atoms with E-state index in [1.54, 1.807) is 0 Å². The molecule has 0 saturated carbocycles. The van der Waals surface area contributed by atoms with Gasteiger partial charge in [-0.15, -0.1) is 0 Å². The second-order valence-electron chi connectivity index (χ2n) is 13.9. The summed E-state index contributed by atoms with van der Waals surface area (Å²) in [4.78, 5) is 0. The van der Waals surface area contributed by atoms with Crippen molar-refractivity contribution >= 4 is 65.4 Å². The molecule has 1 aliphatic heterocycles. The monoisotopic (exact) mass is 640 g/mol. The number of furan rings is 1. The summed E-state index contributed by atoms with van der Waals surface area (Å²) in [5.74, 6) is 2.54. The predicted molar refractivity (Wildman–Crippen MR) is 208 cm³/mol. The van der Waals surface area contributed by atoms with E-state index in [-0.39, 0.29) is 5.92 Å². The maximum Gasteiger partial charge on any atom is 0.138 e. The Morgan fingerprint density at radius 2 is 1.16 bits per heavy atom. The highest BCUT2D eigenvalue weighted by atomic mass is 16.5. The van der Waals surface area contributed by atoms with E-state index >= 15 is 0 Å². The zero-order valence-electron chi connectivity index (χ0n) is 27.4. The molecule has 0 saturated heterocycles. The average molecular weight is 641 g/mol. The number of hydrogen-bond donors (Lipinski definition) is 0. The summed E-state index contributed by atoms with van der Waals surface area (Å²) in [5, 5.41) is 9.79. The normalized spacial score (nSPS) is 18.3. The molecule has 50 heavy (non-hydrogen) atoms. The molecule has 2 heterocycles. The minimum Gasteiger partial charge on any atom is -0.460 e. The van der Waals surface area contributed by atoms with E-state index in [0.717, 1.165) is 57.1 Å². The second kappa shape index (κ2) is 10.7. The number of para-hydroxylation sites is 1. The van der Waals surface area contributed by atoms with Crippen molar-refractivity contribution in [3.05, 3.63) is 186 Å². The number of ether oxygens (including phenoxy) is 1. The van der Waals surface area contributed by atoms with Gasteiger partial charge in [-0.3, -0.25) is 0 Å². The zero-order chi connectivity index (χ0) is 32.8. The van der Waals surface area contributed by atoms with Gasteiger partial charge < -0.3 is 9.15 Å². The Morgan fingerprint density at radius 1 is 0.500 bits per heavy atom. The molecule has 236 valence electrons. The Bertz CT molecular complexity index is 2790. The van der Waals surface area contributed by atoms with Gasteiger partial charge in [0.2, 0.25) is 0 Å². The van der Waals surface area contributed by atoms with Crippen molar-refractivity contribution in [2.24, 2.45) is 0 Å². The molecule has 2 nitrogen and oxygen atoms in total. The van der Waals surface area contributed by atoms with E-state index in [9.17, 15) is 0 Å². The van der Waals surface area contributed by atoms with Crippen LogP contribution in [-0.2, 0) is 0 Å². The minimum atomic E-state index is 0.168. The van der Waals surface area contributed by atoms with Crippen LogP contribution in [-0.4, -0.2) is 0 Å². The lowest BCUT2D eigenvalue weighted by atomic mass is 9.78. The number of benzene rings is 7. The highest BCUT2D eigenvalue weighted by Crippen LogP contribution is 2.53. The van der Waals surface area contributed by atoms with Gasteiger partial charge in [-0.25, -0.2) is 0 Å². The first-order chi connectivity index (χ1) is 24.8. The Labute approximate surface area is 289 Å². The van der Waals surface area contributed by atoms with Crippen molar-refractivity contribution in [1.82, 2.24) is 0 Å². The van der Waals surface area contributed by atoms with Crippen molar-refractivity contribution in [2.45, 2.75) is 24.7 Å². The Balaban J connectivity index is 1.03. The van der Waals surface area contributed by atoms with Gasteiger partial charge in [-0.1, -0.05) is 133 Å². The summed E-state index contributed by atoms with van der Waals surface area (Å²) in [6, 6.07) is 46.2. The van der Waals surface area contributed by atoms with Crippen LogP contribution < -0.4 is 4.74 Å². The lowest BCUT2D eigenvalue weighted by molar-refractivity contribution is 0.430. The van der Waals surface area contributed by atoms with Crippen molar-refractivity contribution in [2.75, 3.05) is 0 Å². The van der Waals surface area contributed by atoms with Crippen molar-refractivity contribution in [3.8, 4) is 5.75 Å².